The minimum absolute atomic E-state index is 0.0783. The summed E-state index contributed by atoms with van der Waals surface area (Å²) < 4.78 is 0. The molecule has 28 heavy (non-hydrogen) atoms. The van der Waals surface area contributed by atoms with E-state index in [-0.39, 0.29) is 12.5 Å². The third-order valence-electron chi connectivity index (χ3n) is 5.30. The smallest absolute Gasteiger partial charge is 0.319 e. The lowest BCUT2D eigenvalue weighted by Crippen LogP contribution is -2.43. The molecule has 3 aromatic rings. The van der Waals surface area contributed by atoms with Gasteiger partial charge in [0, 0.05) is 10.9 Å². The highest BCUT2D eigenvalue weighted by Crippen LogP contribution is 2.34. The fourth-order valence-electron chi connectivity index (χ4n) is 3.71. The van der Waals surface area contributed by atoms with Gasteiger partial charge in [-0.2, -0.15) is 0 Å². The number of carbonyl (C=O) groups is 2. The number of nitrogens with one attached hydrogen (secondary N) is 1. The van der Waals surface area contributed by atoms with Crippen molar-refractivity contribution < 1.29 is 9.59 Å². The Morgan fingerprint density at radius 3 is 2.57 bits per heavy atom. The number of aromatic nitrogens is 1. The van der Waals surface area contributed by atoms with Crippen LogP contribution in [-0.4, -0.2) is 21.8 Å². The van der Waals surface area contributed by atoms with Crippen LogP contribution >= 0.6 is 11.6 Å². The summed E-state index contributed by atoms with van der Waals surface area (Å²) in [6.45, 7) is 3.96. The lowest BCUT2D eigenvalue weighted by atomic mass is 9.87. The van der Waals surface area contributed by atoms with Crippen molar-refractivity contribution in [1.29, 1.82) is 0 Å². The molecular weight excluding hydrogens is 374 g/mol. The van der Waals surface area contributed by atoms with Gasteiger partial charge in [0.05, 0.1) is 12.1 Å². The van der Waals surface area contributed by atoms with Gasteiger partial charge in [-0.05, 0) is 36.6 Å². The number of carbonyl (C=O) groups excluding carboxylic acids is 2. The molecule has 1 atom stereocenters. The van der Waals surface area contributed by atoms with E-state index in [4.69, 9.17) is 11.6 Å². The van der Waals surface area contributed by atoms with E-state index < -0.39 is 11.6 Å². The van der Waals surface area contributed by atoms with Crippen LogP contribution in [0.4, 0.5) is 4.79 Å². The zero-order valence-corrected chi connectivity index (χ0v) is 16.5. The Kier molecular flexibility index (Phi) is 4.55. The van der Waals surface area contributed by atoms with Gasteiger partial charge >= 0.3 is 6.03 Å². The summed E-state index contributed by atoms with van der Waals surface area (Å²) in [5, 5.41) is 4.11. The van der Waals surface area contributed by atoms with Crippen LogP contribution < -0.4 is 5.32 Å². The SMILES string of the molecule is CCC1(c2ccccc2)NC(=O)N(Cc2cc3ccc(C)cc3nc2Cl)C1=O. The average Bonchev–Trinajstić information content (AvgIpc) is 2.94. The molecule has 0 saturated carbocycles. The van der Waals surface area contributed by atoms with Crippen LogP contribution in [0.2, 0.25) is 5.15 Å². The Balaban J connectivity index is 1.70. The van der Waals surface area contributed by atoms with Crippen LogP contribution in [0.25, 0.3) is 10.9 Å². The molecule has 1 unspecified atom stereocenters. The second-order valence-corrected chi connectivity index (χ2v) is 7.44. The van der Waals surface area contributed by atoms with Crippen molar-refractivity contribution in [3.05, 3.63) is 76.4 Å². The van der Waals surface area contributed by atoms with Gasteiger partial charge in [-0.25, -0.2) is 9.78 Å². The first-order valence-corrected chi connectivity index (χ1v) is 9.58. The van der Waals surface area contributed by atoms with Crippen LogP contribution in [0.3, 0.4) is 0 Å². The molecule has 2 aromatic carbocycles. The first-order valence-electron chi connectivity index (χ1n) is 9.20. The van der Waals surface area contributed by atoms with Crippen molar-refractivity contribution in [2.75, 3.05) is 0 Å². The number of hydrogen-bond acceptors (Lipinski definition) is 3. The van der Waals surface area contributed by atoms with E-state index in [0.717, 1.165) is 22.0 Å². The van der Waals surface area contributed by atoms with Gasteiger partial charge in [0.2, 0.25) is 0 Å². The third kappa shape index (κ3) is 2.92. The Morgan fingerprint density at radius 1 is 1.11 bits per heavy atom. The largest absolute Gasteiger partial charge is 0.325 e. The predicted molar refractivity (Wildman–Crippen MR) is 109 cm³/mol. The Morgan fingerprint density at radius 2 is 1.86 bits per heavy atom. The predicted octanol–water partition coefficient (Wildman–Crippen LogP) is 4.55. The summed E-state index contributed by atoms with van der Waals surface area (Å²) in [6.07, 6.45) is 0.459. The van der Waals surface area contributed by atoms with Crippen molar-refractivity contribution in [1.82, 2.24) is 15.2 Å². The van der Waals surface area contributed by atoms with Gasteiger partial charge in [0.1, 0.15) is 10.7 Å². The number of fused-ring (bicyclic) bond motifs is 1. The number of rotatable bonds is 4. The topological polar surface area (TPSA) is 62.3 Å². The number of halogens is 1. The van der Waals surface area contributed by atoms with E-state index in [9.17, 15) is 9.59 Å². The van der Waals surface area contributed by atoms with E-state index in [1.54, 1.807) is 0 Å². The number of urea groups is 1. The van der Waals surface area contributed by atoms with Gasteiger partial charge in [-0.1, -0.05) is 61.0 Å². The molecule has 1 aliphatic heterocycles. The number of hydrogen-bond donors (Lipinski definition) is 1. The Bertz CT molecular complexity index is 1080. The molecular formula is C22H20ClN3O2. The molecule has 1 aliphatic rings. The van der Waals surface area contributed by atoms with Crippen LogP contribution in [-0.2, 0) is 16.9 Å². The normalized spacial score (nSPS) is 19.3. The van der Waals surface area contributed by atoms with Crippen LogP contribution in [0.5, 0.6) is 0 Å². The molecule has 1 fully saturated rings. The number of pyridine rings is 1. The molecule has 4 rings (SSSR count). The highest BCUT2D eigenvalue weighted by Gasteiger charge is 2.51. The van der Waals surface area contributed by atoms with Gasteiger partial charge in [0.25, 0.3) is 5.91 Å². The molecule has 0 spiro atoms. The van der Waals surface area contributed by atoms with Crippen molar-refractivity contribution in [3.63, 3.8) is 0 Å². The minimum atomic E-state index is -1.05. The second kappa shape index (κ2) is 6.91. The average molecular weight is 394 g/mol. The van der Waals surface area contributed by atoms with E-state index in [1.807, 2.05) is 68.4 Å². The first kappa shape index (κ1) is 18.4. The molecule has 3 amide bonds. The van der Waals surface area contributed by atoms with Crippen molar-refractivity contribution >= 4 is 34.4 Å². The van der Waals surface area contributed by atoms with Crippen LogP contribution in [0.1, 0.15) is 30.0 Å². The fourth-order valence-corrected chi connectivity index (χ4v) is 3.92. The van der Waals surface area contributed by atoms with Crippen LogP contribution in [0.15, 0.2) is 54.6 Å². The summed E-state index contributed by atoms with van der Waals surface area (Å²) >= 11 is 6.37. The van der Waals surface area contributed by atoms with Crippen molar-refractivity contribution in [2.24, 2.45) is 0 Å². The molecule has 2 heterocycles. The van der Waals surface area contributed by atoms with Gasteiger partial charge in [-0.15, -0.1) is 0 Å². The van der Waals surface area contributed by atoms with Gasteiger partial charge in [0.15, 0.2) is 0 Å². The highest BCUT2D eigenvalue weighted by atomic mass is 35.5. The number of amides is 3. The minimum Gasteiger partial charge on any atom is -0.319 e. The lowest BCUT2D eigenvalue weighted by Gasteiger charge is -2.25. The summed E-state index contributed by atoms with van der Waals surface area (Å²) in [5.41, 5.74) is 2.25. The maximum atomic E-state index is 13.3. The third-order valence-corrected chi connectivity index (χ3v) is 5.63. The fraction of sp³-hybridized carbons (Fsp3) is 0.227. The summed E-state index contributed by atoms with van der Waals surface area (Å²) in [5.74, 6) is -0.272. The van der Waals surface area contributed by atoms with E-state index >= 15 is 0 Å². The number of imide groups is 1. The van der Waals surface area contributed by atoms with Gasteiger partial charge < -0.3 is 5.32 Å². The molecule has 1 aromatic heterocycles. The number of benzene rings is 2. The molecule has 0 bridgehead atoms. The number of nitrogens with zero attached hydrogens (tertiary/aromatic N) is 2. The molecule has 1 saturated heterocycles. The van der Waals surface area contributed by atoms with Crippen molar-refractivity contribution in [2.45, 2.75) is 32.4 Å². The molecule has 5 nitrogen and oxygen atoms in total. The zero-order valence-electron chi connectivity index (χ0n) is 15.7. The van der Waals surface area contributed by atoms with Crippen molar-refractivity contribution in [3.8, 4) is 0 Å². The summed E-state index contributed by atoms with van der Waals surface area (Å²) in [6, 6.07) is 16.7. The van der Waals surface area contributed by atoms with Crippen LogP contribution in [0, 0.1) is 6.92 Å². The Hall–Kier alpha value is -2.92. The van der Waals surface area contributed by atoms with Gasteiger partial charge in [-0.3, -0.25) is 9.69 Å². The summed E-state index contributed by atoms with van der Waals surface area (Å²) in [7, 11) is 0. The second-order valence-electron chi connectivity index (χ2n) is 7.08. The monoisotopic (exact) mass is 393 g/mol. The molecule has 0 aliphatic carbocycles. The van der Waals surface area contributed by atoms with E-state index in [0.29, 0.717) is 17.1 Å². The lowest BCUT2D eigenvalue weighted by molar-refractivity contribution is -0.132. The first-order chi connectivity index (χ1) is 13.4. The summed E-state index contributed by atoms with van der Waals surface area (Å²) in [4.78, 5) is 31.6. The Labute approximate surface area is 168 Å². The molecule has 0 radical (unpaired) electrons. The molecule has 1 N–H and O–H groups in total. The quantitative estimate of drug-likeness (QED) is 0.522. The van der Waals surface area contributed by atoms with E-state index in [1.165, 1.54) is 4.90 Å². The zero-order chi connectivity index (χ0) is 19.9. The maximum absolute atomic E-state index is 13.3. The number of aryl methyl sites for hydroxylation is 1. The molecule has 142 valence electrons. The maximum Gasteiger partial charge on any atom is 0.325 e. The van der Waals surface area contributed by atoms with E-state index in [2.05, 4.69) is 10.3 Å². The highest BCUT2D eigenvalue weighted by molar-refractivity contribution is 6.30. The molecule has 6 heteroatoms. The standard InChI is InChI=1S/C22H20ClN3O2/c1-3-22(17-7-5-4-6-8-17)20(27)26(21(28)25-22)13-16-12-15-10-9-14(2)11-18(15)24-19(16)23/h4-12H,3,13H2,1-2H3,(H,25,28).